The lowest BCUT2D eigenvalue weighted by Crippen LogP contribution is -2.22. The number of nitrogens with zero attached hydrogens (tertiary/aromatic N) is 2. The molecule has 1 amide bonds. The normalized spacial score (nSPS) is 17.8. The molecule has 1 atom stereocenters. The second kappa shape index (κ2) is 6.97. The molecule has 3 rings (SSSR count). The molecule has 0 saturated carbocycles. The van der Waals surface area contributed by atoms with E-state index in [2.05, 4.69) is 15.5 Å². The summed E-state index contributed by atoms with van der Waals surface area (Å²) in [6.45, 7) is 0.906. The van der Waals surface area contributed by atoms with Crippen molar-refractivity contribution in [3.05, 3.63) is 35.4 Å². The van der Waals surface area contributed by atoms with Crippen molar-refractivity contribution in [2.45, 2.75) is 31.2 Å². The van der Waals surface area contributed by atoms with Gasteiger partial charge in [-0.3, -0.25) is 4.79 Å². The van der Waals surface area contributed by atoms with Crippen molar-refractivity contribution in [2.24, 2.45) is 0 Å². The third-order valence-corrected chi connectivity index (χ3v) is 3.84. The molecule has 0 radical (unpaired) electrons. The van der Waals surface area contributed by atoms with Gasteiger partial charge in [0.2, 0.25) is 0 Å². The molecule has 0 aromatic carbocycles. The summed E-state index contributed by atoms with van der Waals surface area (Å²) in [7, 11) is 0. The minimum absolute atomic E-state index is 0.115. The highest BCUT2D eigenvalue weighted by molar-refractivity contribution is 7.97. The molecule has 0 unspecified atom stereocenters. The summed E-state index contributed by atoms with van der Waals surface area (Å²) >= 11 is 1.64. The molecule has 1 aliphatic heterocycles. The lowest BCUT2D eigenvalue weighted by molar-refractivity contribution is 0.0835. The van der Waals surface area contributed by atoms with Gasteiger partial charge >= 0.3 is 0 Å². The van der Waals surface area contributed by atoms with E-state index < -0.39 is 0 Å². The number of hydrogen-bond acceptors (Lipinski definition) is 7. The molecular formula is C14H17N3O4S. The largest absolute Gasteiger partial charge is 0.455 e. The number of rotatable bonds is 6. The highest BCUT2D eigenvalue weighted by Crippen LogP contribution is 2.26. The number of carbonyl (C=O) groups is 1. The van der Waals surface area contributed by atoms with Gasteiger partial charge in [-0.2, -0.15) is 16.7 Å². The van der Waals surface area contributed by atoms with Gasteiger partial charge in [0.05, 0.1) is 12.3 Å². The van der Waals surface area contributed by atoms with Gasteiger partial charge in [-0.25, -0.2) is 0 Å². The van der Waals surface area contributed by atoms with Crippen LogP contribution in [0, 0.1) is 0 Å². The molecule has 0 aliphatic carbocycles. The first kappa shape index (κ1) is 15.1. The first-order valence-corrected chi connectivity index (χ1v) is 8.45. The minimum atomic E-state index is -0.296. The van der Waals surface area contributed by atoms with Gasteiger partial charge < -0.3 is 19.0 Å². The van der Waals surface area contributed by atoms with Crippen LogP contribution in [-0.2, 0) is 17.0 Å². The second-order valence-electron chi connectivity index (χ2n) is 4.93. The van der Waals surface area contributed by atoms with Crippen molar-refractivity contribution < 1.29 is 18.5 Å². The Kier molecular flexibility index (Phi) is 4.79. The van der Waals surface area contributed by atoms with Gasteiger partial charge in [-0.1, -0.05) is 5.16 Å². The van der Waals surface area contributed by atoms with E-state index in [0.717, 1.165) is 31.0 Å². The number of amides is 1. The average molecular weight is 323 g/mol. The SMILES string of the molecule is CSCc1ccc(C(=O)NCc2noc([C@@H]3CCCO3)n2)o1. The number of ether oxygens (including phenoxy) is 1. The number of aromatic nitrogens is 2. The third-order valence-electron chi connectivity index (χ3n) is 3.27. The Labute approximate surface area is 131 Å². The van der Waals surface area contributed by atoms with Crippen LogP contribution >= 0.6 is 11.8 Å². The first-order chi connectivity index (χ1) is 10.8. The van der Waals surface area contributed by atoms with Crippen molar-refractivity contribution >= 4 is 17.7 Å². The zero-order chi connectivity index (χ0) is 15.4. The molecule has 1 aliphatic rings. The Hall–Kier alpha value is -1.80. The maximum atomic E-state index is 12.0. The van der Waals surface area contributed by atoms with Gasteiger partial charge in [-0.05, 0) is 31.2 Å². The predicted molar refractivity (Wildman–Crippen MR) is 79.3 cm³/mol. The molecule has 0 spiro atoms. The Morgan fingerprint density at radius 1 is 1.50 bits per heavy atom. The van der Waals surface area contributed by atoms with Crippen LogP contribution in [-0.4, -0.2) is 28.9 Å². The Bertz CT molecular complexity index is 634. The molecule has 1 fully saturated rings. The standard InChI is InChI=1S/C14H17N3O4S/c1-22-8-9-4-5-10(20-9)13(18)15-7-12-16-14(21-17-12)11-3-2-6-19-11/h4-5,11H,2-3,6-8H2,1H3,(H,15,18)/t11-/m0/s1. The molecule has 2 aromatic heterocycles. The maximum absolute atomic E-state index is 12.0. The maximum Gasteiger partial charge on any atom is 0.287 e. The van der Waals surface area contributed by atoms with Crippen LogP contribution in [0.2, 0.25) is 0 Å². The molecule has 2 aromatic rings. The van der Waals surface area contributed by atoms with E-state index in [1.54, 1.807) is 23.9 Å². The van der Waals surface area contributed by atoms with E-state index in [0.29, 0.717) is 11.7 Å². The Morgan fingerprint density at radius 3 is 3.18 bits per heavy atom. The van der Waals surface area contributed by atoms with Crippen LogP contribution in [0.1, 0.15) is 47.0 Å². The molecule has 22 heavy (non-hydrogen) atoms. The van der Waals surface area contributed by atoms with E-state index in [9.17, 15) is 4.79 Å². The summed E-state index contributed by atoms with van der Waals surface area (Å²) in [5.41, 5.74) is 0. The predicted octanol–water partition coefficient (Wildman–Crippen LogP) is 2.31. The van der Waals surface area contributed by atoms with Crippen LogP contribution in [0.5, 0.6) is 0 Å². The van der Waals surface area contributed by atoms with Gasteiger partial charge in [0.25, 0.3) is 11.8 Å². The Balaban J connectivity index is 1.54. The highest BCUT2D eigenvalue weighted by atomic mass is 32.2. The van der Waals surface area contributed by atoms with E-state index in [-0.39, 0.29) is 24.3 Å². The summed E-state index contributed by atoms with van der Waals surface area (Å²) < 4.78 is 16.1. The average Bonchev–Trinajstić information content (AvgIpc) is 3.25. The van der Waals surface area contributed by atoms with Crippen LogP contribution in [0.15, 0.2) is 21.1 Å². The topological polar surface area (TPSA) is 90.4 Å². The summed E-state index contributed by atoms with van der Waals surface area (Å²) in [6, 6.07) is 3.46. The zero-order valence-corrected chi connectivity index (χ0v) is 13.0. The summed E-state index contributed by atoms with van der Waals surface area (Å²) in [5.74, 6) is 2.40. The van der Waals surface area contributed by atoms with E-state index >= 15 is 0 Å². The summed E-state index contributed by atoms with van der Waals surface area (Å²) in [5, 5.41) is 6.56. The number of furan rings is 1. The Morgan fingerprint density at radius 2 is 2.41 bits per heavy atom. The minimum Gasteiger partial charge on any atom is -0.455 e. The lowest BCUT2D eigenvalue weighted by Gasteiger charge is -2.01. The monoisotopic (exact) mass is 323 g/mol. The van der Waals surface area contributed by atoms with Crippen LogP contribution in [0.3, 0.4) is 0 Å². The quantitative estimate of drug-likeness (QED) is 0.872. The van der Waals surface area contributed by atoms with Crippen molar-refractivity contribution in [2.75, 3.05) is 12.9 Å². The number of nitrogens with one attached hydrogen (secondary N) is 1. The molecule has 118 valence electrons. The van der Waals surface area contributed by atoms with Crippen molar-refractivity contribution in [1.29, 1.82) is 0 Å². The van der Waals surface area contributed by atoms with E-state index in [1.807, 2.05) is 6.26 Å². The first-order valence-electron chi connectivity index (χ1n) is 7.06. The smallest absolute Gasteiger partial charge is 0.287 e. The van der Waals surface area contributed by atoms with Gasteiger partial charge in [0.1, 0.15) is 11.9 Å². The molecule has 1 saturated heterocycles. The van der Waals surface area contributed by atoms with Crippen LogP contribution in [0.4, 0.5) is 0 Å². The summed E-state index contributed by atoms with van der Waals surface area (Å²) in [6.07, 6.45) is 3.75. The third kappa shape index (κ3) is 3.50. The van der Waals surface area contributed by atoms with Gasteiger partial charge in [0.15, 0.2) is 11.6 Å². The number of thioether (sulfide) groups is 1. The fourth-order valence-corrected chi connectivity index (χ4v) is 2.65. The number of hydrogen-bond donors (Lipinski definition) is 1. The van der Waals surface area contributed by atoms with Crippen molar-refractivity contribution in [1.82, 2.24) is 15.5 Å². The second-order valence-corrected chi connectivity index (χ2v) is 5.80. The molecular weight excluding hydrogens is 306 g/mol. The molecule has 8 heteroatoms. The van der Waals surface area contributed by atoms with E-state index in [1.165, 1.54) is 0 Å². The highest BCUT2D eigenvalue weighted by Gasteiger charge is 2.24. The van der Waals surface area contributed by atoms with Crippen molar-refractivity contribution in [3.63, 3.8) is 0 Å². The fourth-order valence-electron chi connectivity index (χ4n) is 2.21. The number of carbonyl (C=O) groups excluding carboxylic acids is 1. The summed E-state index contributed by atoms with van der Waals surface area (Å²) in [4.78, 5) is 16.2. The molecule has 3 heterocycles. The van der Waals surface area contributed by atoms with Gasteiger partial charge in [-0.15, -0.1) is 0 Å². The van der Waals surface area contributed by atoms with Crippen LogP contribution < -0.4 is 5.32 Å². The fraction of sp³-hybridized carbons (Fsp3) is 0.500. The zero-order valence-electron chi connectivity index (χ0n) is 12.2. The van der Waals surface area contributed by atoms with Crippen molar-refractivity contribution in [3.8, 4) is 0 Å². The molecule has 1 N–H and O–H groups in total. The molecule has 0 bridgehead atoms. The van der Waals surface area contributed by atoms with E-state index in [4.69, 9.17) is 13.7 Å². The lowest BCUT2D eigenvalue weighted by atomic mass is 10.2. The van der Waals surface area contributed by atoms with Crippen LogP contribution in [0.25, 0.3) is 0 Å². The molecule has 7 nitrogen and oxygen atoms in total. The van der Waals surface area contributed by atoms with Gasteiger partial charge in [0, 0.05) is 6.61 Å².